The van der Waals surface area contributed by atoms with Crippen molar-refractivity contribution in [2.24, 2.45) is 0 Å². The molecule has 0 aromatic heterocycles. The summed E-state index contributed by atoms with van der Waals surface area (Å²) in [6.45, 7) is 7.85. The van der Waals surface area contributed by atoms with Crippen molar-refractivity contribution < 1.29 is 27.5 Å². The Kier molecular flexibility index (Phi) is 8.65. The van der Waals surface area contributed by atoms with Crippen LogP contribution in [0.2, 0.25) is 0 Å². The molecule has 0 bridgehead atoms. The largest absolute Gasteiger partial charge is 0.456 e. The average Bonchev–Trinajstić information content (AvgIpc) is 2.73. The van der Waals surface area contributed by atoms with Gasteiger partial charge in [0.15, 0.2) is 5.75 Å². The molecule has 0 aliphatic carbocycles. The molecule has 0 amide bonds. The van der Waals surface area contributed by atoms with Crippen molar-refractivity contribution in [1.82, 2.24) is 4.47 Å². The number of para-hydroxylation sites is 1. The zero-order chi connectivity index (χ0) is 23.9. The number of nitrogens with one attached hydrogen (secondary N) is 1. The first kappa shape index (κ1) is 25.6. The van der Waals surface area contributed by atoms with Crippen LogP contribution in [0, 0.1) is 0 Å². The van der Waals surface area contributed by atoms with E-state index in [0.717, 1.165) is 17.3 Å². The molecule has 0 saturated carbocycles. The van der Waals surface area contributed by atoms with Crippen molar-refractivity contribution in [2.45, 2.75) is 51.0 Å². The number of nitrogens with zero attached hydrogens (tertiary/aromatic N) is 1. The van der Waals surface area contributed by atoms with Gasteiger partial charge in [-0.05, 0) is 51.5 Å². The fourth-order valence-electron chi connectivity index (χ4n) is 2.73. The number of anilines is 1. The number of unbranched alkanes of at least 4 members (excludes halogenated alkanes) is 1. The normalized spacial score (nSPS) is 12.0. The van der Waals surface area contributed by atoms with Crippen LogP contribution >= 0.6 is 0 Å². The van der Waals surface area contributed by atoms with Crippen LogP contribution in [0.15, 0.2) is 47.4 Å². The van der Waals surface area contributed by atoms with Crippen molar-refractivity contribution in [3.8, 4) is 11.5 Å². The summed E-state index contributed by atoms with van der Waals surface area (Å²) in [5.41, 5.74) is -0.287. The summed E-state index contributed by atoms with van der Waals surface area (Å²) in [5, 5.41) is 3.21. The highest BCUT2D eigenvalue weighted by Gasteiger charge is 2.31. The second-order valence-electron chi connectivity index (χ2n) is 8.15. The molecule has 0 aliphatic rings. The molecule has 176 valence electrons. The van der Waals surface area contributed by atoms with Gasteiger partial charge >= 0.3 is 5.97 Å². The smallest absolute Gasteiger partial charge is 0.338 e. The topological polar surface area (TPSA) is 94.2 Å². The van der Waals surface area contributed by atoms with Gasteiger partial charge in [0.05, 0.1) is 18.4 Å². The van der Waals surface area contributed by atoms with Gasteiger partial charge in [-0.15, -0.1) is 0 Å². The number of rotatable bonds is 10. The lowest BCUT2D eigenvalue weighted by molar-refractivity contribution is -0.0259. The van der Waals surface area contributed by atoms with Gasteiger partial charge < -0.3 is 14.8 Å². The molecule has 8 nitrogen and oxygen atoms in total. The van der Waals surface area contributed by atoms with Gasteiger partial charge in [-0.25, -0.2) is 13.2 Å². The fourth-order valence-corrected chi connectivity index (χ4v) is 3.86. The Morgan fingerprint density at radius 3 is 2.34 bits per heavy atom. The third kappa shape index (κ3) is 6.69. The van der Waals surface area contributed by atoms with E-state index in [4.69, 9.17) is 14.3 Å². The summed E-state index contributed by atoms with van der Waals surface area (Å²) in [5.74, 6) is -0.116. The molecule has 0 unspecified atom stereocenters. The van der Waals surface area contributed by atoms with Gasteiger partial charge in [-0.3, -0.25) is 4.84 Å². The molecule has 1 N–H and O–H groups in total. The molecule has 0 spiro atoms. The number of ether oxygens (including phenoxy) is 2. The maximum atomic E-state index is 13.3. The quantitative estimate of drug-likeness (QED) is 0.306. The van der Waals surface area contributed by atoms with Crippen molar-refractivity contribution in [3.05, 3.63) is 48.0 Å². The second kappa shape index (κ2) is 10.8. The fraction of sp³-hybridized carbons (Fsp3) is 0.435. The third-order valence-electron chi connectivity index (χ3n) is 4.37. The number of esters is 1. The number of benzene rings is 2. The third-order valence-corrected chi connectivity index (χ3v) is 6.06. The van der Waals surface area contributed by atoms with Gasteiger partial charge in [0.1, 0.15) is 16.2 Å². The second-order valence-corrected chi connectivity index (χ2v) is 10.0. The lowest BCUT2D eigenvalue weighted by atomic mass is 10.1. The van der Waals surface area contributed by atoms with E-state index in [1.807, 2.05) is 13.0 Å². The minimum Gasteiger partial charge on any atom is -0.456 e. The van der Waals surface area contributed by atoms with E-state index in [1.165, 1.54) is 20.2 Å². The van der Waals surface area contributed by atoms with Crippen LogP contribution in [0.1, 0.15) is 50.9 Å². The van der Waals surface area contributed by atoms with E-state index in [0.29, 0.717) is 18.0 Å². The predicted octanol–water partition coefficient (Wildman–Crippen LogP) is 4.83. The SMILES string of the molecule is CCCCNc1cc(C(=O)OC(C)(C)C)cc(S(=O)(=O)N(C)OC)c1Oc1ccccc1. The molecule has 9 heteroatoms. The molecule has 2 rings (SSSR count). The monoisotopic (exact) mass is 464 g/mol. The molecular weight excluding hydrogens is 432 g/mol. The van der Waals surface area contributed by atoms with Crippen molar-refractivity contribution in [2.75, 3.05) is 26.0 Å². The number of carbonyl (C=O) groups excluding carboxylic acids is 1. The first-order valence-electron chi connectivity index (χ1n) is 10.4. The van der Waals surface area contributed by atoms with Crippen LogP contribution in [0.5, 0.6) is 11.5 Å². The average molecular weight is 465 g/mol. The van der Waals surface area contributed by atoms with Crippen molar-refractivity contribution >= 4 is 21.7 Å². The molecule has 0 heterocycles. The van der Waals surface area contributed by atoms with Crippen LogP contribution in [-0.4, -0.2) is 45.2 Å². The number of hydrogen-bond donors (Lipinski definition) is 1. The summed E-state index contributed by atoms with van der Waals surface area (Å²) in [6, 6.07) is 11.6. The van der Waals surface area contributed by atoms with E-state index in [-0.39, 0.29) is 16.2 Å². The predicted molar refractivity (Wildman–Crippen MR) is 123 cm³/mol. The zero-order valence-corrected chi connectivity index (χ0v) is 20.3. The highest BCUT2D eigenvalue weighted by atomic mass is 32.2. The van der Waals surface area contributed by atoms with Crippen LogP contribution < -0.4 is 10.1 Å². The van der Waals surface area contributed by atoms with E-state index >= 15 is 0 Å². The zero-order valence-electron chi connectivity index (χ0n) is 19.5. The Hall–Kier alpha value is -2.62. The molecule has 0 aliphatic heterocycles. The summed E-state index contributed by atoms with van der Waals surface area (Å²) in [7, 11) is -1.64. The van der Waals surface area contributed by atoms with E-state index in [2.05, 4.69) is 5.32 Å². The molecule has 2 aromatic rings. The molecule has 0 radical (unpaired) electrons. The molecule has 0 fully saturated rings. The Morgan fingerprint density at radius 1 is 1.12 bits per heavy atom. The maximum Gasteiger partial charge on any atom is 0.338 e. The van der Waals surface area contributed by atoms with Gasteiger partial charge in [-0.1, -0.05) is 36.0 Å². The molecular formula is C23H32N2O6S. The van der Waals surface area contributed by atoms with E-state index in [1.54, 1.807) is 51.1 Å². The first-order chi connectivity index (χ1) is 15.0. The number of hydrogen-bond acceptors (Lipinski definition) is 7. The Morgan fingerprint density at radius 2 is 1.78 bits per heavy atom. The van der Waals surface area contributed by atoms with Crippen LogP contribution in [-0.2, 0) is 19.6 Å². The Labute approximate surface area is 190 Å². The van der Waals surface area contributed by atoms with Crippen LogP contribution in [0.4, 0.5) is 5.69 Å². The summed E-state index contributed by atoms with van der Waals surface area (Å²) in [4.78, 5) is 17.5. The number of carbonyl (C=O) groups is 1. The summed E-state index contributed by atoms with van der Waals surface area (Å²) >= 11 is 0. The molecule has 0 saturated heterocycles. The molecule has 2 aromatic carbocycles. The van der Waals surface area contributed by atoms with Gasteiger partial charge in [-0.2, -0.15) is 0 Å². The summed E-state index contributed by atoms with van der Waals surface area (Å²) < 4.78 is 38.7. The Bertz CT molecular complexity index is 1020. The van der Waals surface area contributed by atoms with Gasteiger partial charge in [0, 0.05) is 13.6 Å². The lowest BCUT2D eigenvalue weighted by Crippen LogP contribution is -2.27. The highest BCUT2D eigenvalue weighted by molar-refractivity contribution is 7.89. The van der Waals surface area contributed by atoms with E-state index < -0.39 is 21.6 Å². The van der Waals surface area contributed by atoms with Crippen LogP contribution in [0.25, 0.3) is 0 Å². The van der Waals surface area contributed by atoms with E-state index in [9.17, 15) is 13.2 Å². The van der Waals surface area contributed by atoms with Crippen LogP contribution in [0.3, 0.4) is 0 Å². The molecule has 32 heavy (non-hydrogen) atoms. The van der Waals surface area contributed by atoms with Gasteiger partial charge in [0.25, 0.3) is 10.0 Å². The summed E-state index contributed by atoms with van der Waals surface area (Å²) in [6.07, 6.45) is 1.78. The van der Waals surface area contributed by atoms with Crippen molar-refractivity contribution in [3.63, 3.8) is 0 Å². The number of hydroxylamine groups is 1. The lowest BCUT2D eigenvalue weighted by Gasteiger charge is -2.23. The standard InChI is InChI=1S/C23H32N2O6S/c1-7-8-14-24-19-15-17(22(26)31-23(2,3)4)16-20(32(27,28)25(5)29-6)21(19)30-18-12-10-9-11-13-18/h9-13,15-16,24H,7-8,14H2,1-6H3. The first-order valence-corrected chi connectivity index (χ1v) is 11.8. The Balaban J connectivity index is 2.71. The molecule has 0 atom stereocenters. The highest BCUT2D eigenvalue weighted by Crippen LogP contribution is 2.39. The minimum atomic E-state index is -4.15. The van der Waals surface area contributed by atoms with Gasteiger partial charge in [0.2, 0.25) is 0 Å². The van der Waals surface area contributed by atoms with Crippen molar-refractivity contribution in [1.29, 1.82) is 0 Å². The maximum absolute atomic E-state index is 13.3. The minimum absolute atomic E-state index is 0.0727. The number of sulfonamides is 1.